The summed E-state index contributed by atoms with van der Waals surface area (Å²) in [5.74, 6) is -0.356. The Morgan fingerprint density at radius 2 is 1.81 bits per heavy atom. The Hall–Kier alpha value is -0.910. The van der Waals surface area contributed by atoms with Gasteiger partial charge in [0.25, 0.3) is 10.1 Å². The lowest BCUT2D eigenvalue weighted by Gasteiger charge is -2.20. The van der Waals surface area contributed by atoms with Gasteiger partial charge in [0, 0.05) is 12.8 Å². The first-order chi connectivity index (χ1) is 7.44. The Balaban J connectivity index is 2.21. The third kappa shape index (κ3) is 2.26. The van der Waals surface area contributed by atoms with Crippen molar-refractivity contribution in [2.45, 2.75) is 18.4 Å². The molecular formula is C11H14O4S. The molecule has 0 saturated carbocycles. The van der Waals surface area contributed by atoms with E-state index in [9.17, 15) is 13.5 Å². The molecule has 2 rings (SSSR count). The number of aliphatic hydroxyl groups is 1. The minimum atomic E-state index is -3.63. The topological polar surface area (TPSA) is 63.6 Å². The predicted octanol–water partition coefficient (Wildman–Crippen LogP) is 0.492. The van der Waals surface area contributed by atoms with Crippen molar-refractivity contribution in [3.05, 3.63) is 35.4 Å². The molecule has 0 radical (unpaired) electrons. The van der Waals surface area contributed by atoms with E-state index < -0.39 is 15.7 Å². The molecule has 1 aliphatic rings. The second-order valence-corrected chi connectivity index (χ2v) is 5.95. The van der Waals surface area contributed by atoms with E-state index in [1.165, 1.54) is 0 Å². The van der Waals surface area contributed by atoms with Crippen LogP contribution in [0.4, 0.5) is 0 Å². The van der Waals surface area contributed by atoms with Crippen LogP contribution in [0.15, 0.2) is 24.3 Å². The molecule has 0 saturated heterocycles. The molecule has 0 aliphatic heterocycles. The molecular weight excluding hydrogens is 228 g/mol. The van der Waals surface area contributed by atoms with Gasteiger partial charge in [0.1, 0.15) is 5.75 Å². The molecule has 1 aromatic carbocycles. The summed E-state index contributed by atoms with van der Waals surface area (Å²) >= 11 is 0. The molecule has 4 nitrogen and oxygen atoms in total. The Labute approximate surface area is 95.0 Å². The Bertz CT molecular complexity index is 467. The highest BCUT2D eigenvalue weighted by atomic mass is 32.2. The monoisotopic (exact) mass is 242 g/mol. The van der Waals surface area contributed by atoms with Gasteiger partial charge in [-0.15, -0.1) is 0 Å². The maximum Gasteiger partial charge on any atom is 0.269 e. The average molecular weight is 242 g/mol. The van der Waals surface area contributed by atoms with Gasteiger partial charge in [0.2, 0.25) is 0 Å². The maximum atomic E-state index is 11.3. The SMILES string of the molecule is COS(=O)(=O)CC1(O)Cc2ccccc2C1. The molecule has 1 aliphatic carbocycles. The van der Waals surface area contributed by atoms with Gasteiger partial charge in [0.05, 0.1) is 12.7 Å². The summed E-state index contributed by atoms with van der Waals surface area (Å²) in [4.78, 5) is 0. The Morgan fingerprint density at radius 3 is 2.25 bits per heavy atom. The molecule has 88 valence electrons. The molecule has 0 heterocycles. The highest BCUT2D eigenvalue weighted by Gasteiger charge is 2.39. The van der Waals surface area contributed by atoms with Gasteiger partial charge in [-0.2, -0.15) is 8.42 Å². The first kappa shape index (κ1) is 11.6. The Morgan fingerprint density at radius 1 is 1.31 bits per heavy atom. The minimum absolute atomic E-state index is 0.356. The number of hydrogen-bond donors (Lipinski definition) is 1. The normalized spacial score (nSPS) is 18.4. The third-order valence-corrected chi connectivity index (χ3v) is 4.26. The van der Waals surface area contributed by atoms with Crippen LogP contribution in [0, 0.1) is 0 Å². The van der Waals surface area contributed by atoms with E-state index in [0.29, 0.717) is 12.8 Å². The van der Waals surface area contributed by atoms with Crippen LogP contribution >= 0.6 is 0 Å². The van der Waals surface area contributed by atoms with Crippen molar-refractivity contribution in [2.75, 3.05) is 12.9 Å². The van der Waals surface area contributed by atoms with Gasteiger partial charge in [-0.1, -0.05) is 24.3 Å². The Kier molecular flexibility index (Phi) is 2.77. The lowest BCUT2D eigenvalue weighted by Crippen LogP contribution is -2.38. The lowest BCUT2D eigenvalue weighted by atomic mass is 10.0. The highest BCUT2D eigenvalue weighted by molar-refractivity contribution is 7.86. The van der Waals surface area contributed by atoms with Gasteiger partial charge in [-0.25, -0.2) is 0 Å². The van der Waals surface area contributed by atoms with Gasteiger partial charge in [-0.3, -0.25) is 4.18 Å². The molecule has 16 heavy (non-hydrogen) atoms. The summed E-state index contributed by atoms with van der Waals surface area (Å²) in [6.45, 7) is 0. The van der Waals surface area contributed by atoms with Crippen LogP contribution in [0.3, 0.4) is 0 Å². The molecule has 0 unspecified atom stereocenters. The lowest BCUT2D eigenvalue weighted by molar-refractivity contribution is 0.0729. The van der Waals surface area contributed by atoms with E-state index >= 15 is 0 Å². The zero-order valence-corrected chi connectivity index (χ0v) is 9.83. The van der Waals surface area contributed by atoms with E-state index in [1.807, 2.05) is 24.3 Å². The largest absolute Gasteiger partial charge is 0.388 e. The zero-order valence-electron chi connectivity index (χ0n) is 9.01. The summed E-state index contributed by atoms with van der Waals surface area (Å²) in [7, 11) is -2.52. The summed E-state index contributed by atoms with van der Waals surface area (Å²) in [5.41, 5.74) is 0.797. The highest BCUT2D eigenvalue weighted by Crippen LogP contribution is 2.31. The molecule has 5 heteroatoms. The summed E-state index contributed by atoms with van der Waals surface area (Å²) in [6.07, 6.45) is 0.734. The van der Waals surface area contributed by atoms with Crippen molar-refractivity contribution >= 4 is 10.1 Å². The van der Waals surface area contributed by atoms with Gasteiger partial charge in [-0.05, 0) is 11.1 Å². The van der Waals surface area contributed by atoms with Crippen molar-refractivity contribution < 1.29 is 17.7 Å². The second kappa shape index (κ2) is 3.84. The molecule has 0 fully saturated rings. The van der Waals surface area contributed by atoms with Crippen LogP contribution in [0.1, 0.15) is 11.1 Å². The van der Waals surface area contributed by atoms with Crippen LogP contribution in [0.5, 0.6) is 0 Å². The van der Waals surface area contributed by atoms with Gasteiger partial charge < -0.3 is 5.11 Å². The van der Waals surface area contributed by atoms with Crippen molar-refractivity contribution in [1.29, 1.82) is 0 Å². The maximum absolute atomic E-state index is 11.3. The van der Waals surface area contributed by atoms with Gasteiger partial charge >= 0.3 is 0 Å². The van der Waals surface area contributed by atoms with Crippen LogP contribution in [0.25, 0.3) is 0 Å². The fourth-order valence-corrected chi connectivity index (χ4v) is 3.14. The second-order valence-electron chi connectivity index (χ2n) is 4.22. The van der Waals surface area contributed by atoms with E-state index in [2.05, 4.69) is 4.18 Å². The summed E-state index contributed by atoms with van der Waals surface area (Å²) in [6, 6.07) is 7.59. The van der Waals surface area contributed by atoms with Crippen molar-refractivity contribution in [2.24, 2.45) is 0 Å². The van der Waals surface area contributed by atoms with Crippen LogP contribution < -0.4 is 0 Å². The fourth-order valence-electron chi connectivity index (χ4n) is 2.16. The number of rotatable bonds is 3. The first-order valence-corrected chi connectivity index (χ1v) is 6.59. The van der Waals surface area contributed by atoms with E-state index in [-0.39, 0.29) is 5.75 Å². The van der Waals surface area contributed by atoms with Crippen molar-refractivity contribution in [3.8, 4) is 0 Å². The summed E-state index contributed by atoms with van der Waals surface area (Å²) < 4.78 is 27.0. The third-order valence-electron chi connectivity index (χ3n) is 2.86. The van der Waals surface area contributed by atoms with Crippen LogP contribution in [-0.2, 0) is 27.1 Å². The molecule has 0 atom stereocenters. The fraction of sp³-hybridized carbons (Fsp3) is 0.455. The predicted molar refractivity (Wildman–Crippen MR) is 59.6 cm³/mol. The average Bonchev–Trinajstić information content (AvgIpc) is 2.52. The van der Waals surface area contributed by atoms with Crippen LogP contribution in [0.2, 0.25) is 0 Å². The number of hydrogen-bond acceptors (Lipinski definition) is 4. The minimum Gasteiger partial charge on any atom is -0.388 e. The number of fused-ring (bicyclic) bond motifs is 1. The van der Waals surface area contributed by atoms with Crippen molar-refractivity contribution in [1.82, 2.24) is 0 Å². The summed E-state index contributed by atoms with van der Waals surface area (Å²) in [5, 5.41) is 10.2. The van der Waals surface area contributed by atoms with E-state index in [4.69, 9.17) is 0 Å². The molecule has 1 aromatic rings. The zero-order chi connectivity index (χ0) is 11.8. The van der Waals surface area contributed by atoms with Gasteiger partial charge in [0.15, 0.2) is 0 Å². The quantitative estimate of drug-likeness (QED) is 0.784. The molecule has 0 bridgehead atoms. The molecule has 0 spiro atoms. The van der Waals surface area contributed by atoms with Crippen LogP contribution in [-0.4, -0.2) is 32.0 Å². The standard InChI is InChI=1S/C11H14O4S/c1-15-16(13,14)8-11(12)6-9-4-2-3-5-10(9)7-11/h2-5,12H,6-8H2,1H3. The van der Waals surface area contributed by atoms with Crippen molar-refractivity contribution in [3.63, 3.8) is 0 Å². The first-order valence-electron chi connectivity index (χ1n) is 5.02. The number of benzene rings is 1. The smallest absolute Gasteiger partial charge is 0.269 e. The van der Waals surface area contributed by atoms with E-state index in [1.54, 1.807) is 0 Å². The molecule has 0 aromatic heterocycles. The molecule has 1 N–H and O–H groups in total. The van der Waals surface area contributed by atoms with E-state index in [0.717, 1.165) is 18.2 Å². The molecule has 0 amide bonds.